The van der Waals surface area contributed by atoms with Gasteiger partial charge in [0, 0.05) is 12.5 Å². The summed E-state index contributed by atoms with van der Waals surface area (Å²) in [7, 11) is 2.67. The minimum absolute atomic E-state index is 0.00878. The van der Waals surface area contributed by atoms with E-state index in [1.165, 1.54) is 0 Å². The van der Waals surface area contributed by atoms with Crippen LogP contribution in [-0.2, 0) is 13.7 Å². The summed E-state index contributed by atoms with van der Waals surface area (Å²) in [6.45, 7) is 7.90. The highest BCUT2D eigenvalue weighted by atomic mass is 32.2. The van der Waals surface area contributed by atoms with Crippen molar-refractivity contribution in [3.8, 4) is 0 Å². The number of aliphatic hydroxyl groups is 1. The summed E-state index contributed by atoms with van der Waals surface area (Å²) < 4.78 is 24.0. The molecule has 4 nitrogen and oxygen atoms in total. The molecule has 0 amide bonds. The van der Waals surface area contributed by atoms with Crippen molar-refractivity contribution in [3.63, 3.8) is 0 Å². The number of ether oxygens (including phenoxy) is 2. The van der Waals surface area contributed by atoms with Crippen molar-refractivity contribution in [3.05, 3.63) is 12.7 Å². The van der Waals surface area contributed by atoms with E-state index in [9.17, 15) is 5.11 Å². The third-order valence-electron chi connectivity index (χ3n) is 3.71. The maximum Gasteiger partial charge on any atom is 0.209 e. The van der Waals surface area contributed by atoms with Gasteiger partial charge in [0.1, 0.15) is 6.10 Å². The molecule has 3 atom stereocenters. The van der Waals surface area contributed by atoms with Crippen LogP contribution < -0.4 is 0 Å². The van der Waals surface area contributed by atoms with E-state index < -0.39 is 17.3 Å². The highest BCUT2D eigenvalue weighted by Crippen LogP contribution is 2.44. The first-order valence-corrected chi connectivity index (χ1v) is 7.24. The summed E-state index contributed by atoms with van der Waals surface area (Å²) in [6.07, 6.45) is 3.22. The fourth-order valence-electron chi connectivity index (χ4n) is 2.62. The van der Waals surface area contributed by atoms with E-state index in [-0.39, 0.29) is 6.10 Å². The first-order chi connectivity index (χ1) is 9.43. The molecule has 1 rings (SSSR count). The number of hydrogen-bond acceptors (Lipinski definition) is 5. The second-order valence-electron chi connectivity index (χ2n) is 5.47. The van der Waals surface area contributed by atoms with E-state index in [1.54, 1.807) is 7.11 Å². The highest BCUT2D eigenvalue weighted by Gasteiger charge is 2.55. The molecule has 1 radical (unpaired) electrons. The van der Waals surface area contributed by atoms with Gasteiger partial charge in [-0.05, 0) is 20.6 Å². The average Bonchev–Trinajstić information content (AvgIpc) is 2.41. The summed E-state index contributed by atoms with van der Waals surface area (Å²) in [5.41, 5.74) is -0.559. The molecule has 19 heavy (non-hydrogen) atoms. The van der Waals surface area contributed by atoms with Crippen molar-refractivity contribution < 1.29 is 18.8 Å². The molecule has 109 valence electrons. The Balaban J connectivity index is 2.87. The lowest BCUT2D eigenvalue weighted by atomic mass is 9.77. The smallest absolute Gasteiger partial charge is 0.209 e. The lowest BCUT2D eigenvalue weighted by molar-refractivity contribution is -0.358. The first-order valence-electron chi connectivity index (χ1n) is 7.01. The quantitative estimate of drug-likeness (QED) is 0.320. The minimum Gasteiger partial charge on any atom is -0.387 e. The normalized spacial score (nSPS) is 32.7. The van der Waals surface area contributed by atoms with E-state index >= 15 is 0 Å². The Morgan fingerprint density at radius 1 is 1.68 bits per heavy atom. The van der Waals surface area contributed by atoms with Crippen LogP contribution in [0.5, 0.6) is 0 Å². The Morgan fingerprint density at radius 3 is 3.00 bits per heavy atom. The Kier molecular flexibility index (Phi) is 5.78. The van der Waals surface area contributed by atoms with Crippen molar-refractivity contribution in [2.75, 3.05) is 13.7 Å². The van der Waals surface area contributed by atoms with Crippen molar-refractivity contribution in [1.29, 1.82) is 1.34 Å². The standard InChI is InChI=1S/C13H24BO4S/c1-5-6-10-7-8-11(15)13(16-4,18-10)12(2,3)9-17-19-14/h5,10-11,14-15H,1,6-9H2,2-4H3/t10-,11?,13-/m1/s1/i14T. The summed E-state index contributed by atoms with van der Waals surface area (Å²) in [5, 5.41) is 10.4. The second-order valence-corrected chi connectivity index (χ2v) is 5.90. The molecule has 1 unspecified atom stereocenters. The lowest BCUT2D eigenvalue weighted by Crippen LogP contribution is -2.62. The van der Waals surface area contributed by atoms with E-state index in [0.717, 1.165) is 31.8 Å². The van der Waals surface area contributed by atoms with Crippen LogP contribution in [-0.4, -0.2) is 45.2 Å². The van der Waals surface area contributed by atoms with Gasteiger partial charge in [0.2, 0.25) is 12.9 Å². The van der Waals surface area contributed by atoms with Crippen LogP contribution in [0.2, 0.25) is 0 Å². The zero-order valence-corrected chi connectivity index (χ0v) is 12.7. The number of aliphatic hydroxyl groups excluding tert-OH is 1. The molecular weight excluding hydrogens is 263 g/mol. The SMILES string of the molecule is [3H][B]SOCC(C)(C)[C@]1(OC)O[C@H](CC=C)CCC1O. The maximum atomic E-state index is 10.4. The molecule has 1 aliphatic rings. The van der Waals surface area contributed by atoms with E-state index in [4.69, 9.17) is 15.0 Å². The van der Waals surface area contributed by atoms with Gasteiger partial charge in [-0.1, -0.05) is 31.8 Å². The molecule has 0 aromatic carbocycles. The molecule has 1 aliphatic heterocycles. The lowest BCUT2D eigenvalue weighted by Gasteiger charge is -2.51. The van der Waals surface area contributed by atoms with Gasteiger partial charge >= 0.3 is 0 Å². The van der Waals surface area contributed by atoms with Crippen LogP contribution in [0, 0.1) is 5.41 Å². The van der Waals surface area contributed by atoms with Crippen molar-refractivity contribution in [2.24, 2.45) is 5.41 Å². The largest absolute Gasteiger partial charge is 0.387 e. The van der Waals surface area contributed by atoms with Crippen LogP contribution in [0.1, 0.15) is 33.1 Å². The predicted molar refractivity (Wildman–Crippen MR) is 79.1 cm³/mol. The van der Waals surface area contributed by atoms with Crippen molar-refractivity contribution >= 4 is 19.0 Å². The number of rotatable bonds is 8. The Labute approximate surface area is 122 Å². The Hall–Kier alpha value is -0.00506. The van der Waals surface area contributed by atoms with E-state index in [2.05, 4.69) is 6.58 Å². The van der Waals surface area contributed by atoms with Gasteiger partial charge in [0.25, 0.3) is 0 Å². The Morgan fingerprint density at radius 2 is 2.42 bits per heavy atom. The third-order valence-corrected chi connectivity index (χ3v) is 3.96. The summed E-state index contributed by atoms with van der Waals surface area (Å²) in [6, 6.07) is 0. The van der Waals surface area contributed by atoms with Crippen LogP contribution >= 0.6 is 11.9 Å². The third kappa shape index (κ3) is 3.55. The van der Waals surface area contributed by atoms with E-state index in [1.807, 2.05) is 19.9 Å². The van der Waals surface area contributed by atoms with Crippen LogP contribution in [0.15, 0.2) is 12.7 Å². The molecule has 0 saturated carbocycles. The van der Waals surface area contributed by atoms with Gasteiger partial charge in [-0.2, -0.15) is 0 Å². The van der Waals surface area contributed by atoms with Gasteiger partial charge < -0.3 is 18.8 Å². The molecule has 0 aromatic rings. The monoisotopic (exact) mass is 289 g/mol. The van der Waals surface area contributed by atoms with Gasteiger partial charge in [0.15, 0.2) is 0 Å². The zero-order valence-electron chi connectivity index (χ0n) is 12.9. The zero-order chi connectivity index (χ0) is 15.2. The van der Waals surface area contributed by atoms with Gasteiger partial charge in [-0.15, -0.1) is 6.58 Å². The second kappa shape index (κ2) is 7.13. The predicted octanol–water partition coefficient (Wildman–Crippen LogP) is 1.95. The van der Waals surface area contributed by atoms with E-state index in [0.29, 0.717) is 13.0 Å². The maximum absolute atomic E-state index is 10.4. The van der Waals surface area contributed by atoms with Gasteiger partial charge in [-0.25, -0.2) is 0 Å². The average molecular weight is 289 g/mol. The minimum atomic E-state index is -1.11. The summed E-state index contributed by atoms with van der Waals surface area (Å²) >= 11 is 0.953. The topological polar surface area (TPSA) is 47.9 Å². The molecule has 1 saturated heterocycles. The molecule has 1 N–H and O–H groups in total. The summed E-state index contributed by atoms with van der Waals surface area (Å²) in [4.78, 5) is 0. The van der Waals surface area contributed by atoms with Crippen LogP contribution in [0.3, 0.4) is 0 Å². The Bertz CT molecular complexity index is 319. The van der Waals surface area contributed by atoms with Gasteiger partial charge in [-0.3, -0.25) is 0 Å². The molecule has 6 heteroatoms. The molecule has 0 bridgehead atoms. The molecule has 1 heterocycles. The fourth-order valence-corrected chi connectivity index (χ4v) is 2.99. The summed E-state index contributed by atoms with van der Waals surface area (Å²) in [5.74, 6) is -1.11. The molecular formula is C13H24BO4S. The van der Waals surface area contributed by atoms with Crippen molar-refractivity contribution in [1.82, 2.24) is 0 Å². The van der Waals surface area contributed by atoms with Crippen LogP contribution in [0.25, 0.3) is 0 Å². The molecule has 1 fully saturated rings. The first kappa shape index (κ1) is 15.4. The number of hydrogen-bond donors (Lipinski definition) is 1. The van der Waals surface area contributed by atoms with Crippen LogP contribution in [0.4, 0.5) is 0 Å². The fraction of sp³-hybridized carbons (Fsp3) is 0.846. The molecule has 0 aromatic heterocycles. The highest BCUT2D eigenvalue weighted by molar-refractivity contribution is 8.15. The number of methoxy groups -OCH3 is 1. The molecule has 0 aliphatic carbocycles. The van der Waals surface area contributed by atoms with Gasteiger partial charge in [0.05, 0.1) is 12.7 Å². The molecule has 0 spiro atoms. The van der Waals surface area contributed by atoms with Crippen molar-refractivity contribution in [2.45, 2.75) is 51.1 Å².